The van der Waals surface area contributed by atoms with Gasteiger partial charge < -0.3 is 15.9 Å². The smallest absolute Gasteiger partial charge is 0.306 e. The van der Waals surface area contributed by atoms with Gasteiger partial charge in [0.15, 0.2) is 0 Å². The highest BCUT2D eigenvalue weighted by atomic mass is 16.4. The number of aliphatic carboxylic acids is 2. The van der Waals surface area contributed by atoms with Crippen LogP contribution in [-0.2, 0) is 14.4 Å². The van der Waals surface area contributed by atoms with Gasteiger partial charge in [-0.3, -0.25) is 14.4 Å². The van der Waals surface area contributed by atoms with Crippen LogP contribution in [0.5, 0.6) is 0 Å². The third-order valence-corrected chi connectivity index (χ3v) is 3.47. The van der Waals surface area contributed by atoms with Gasteiger partial charge in [-0.1, -0.05) is 20.8 Å². The molecule has 1 amide bonds. The molecule has 0 saturated carbocycles. The van der Waals surface area contributed by atoms with Gasteiger partial charge >= 0.3 is 11.9 Å². The molecule has 0 saturated heterocycles. The van der Waals surface area contributed by atoms with E-state index >= 15 is 0 Å². The van der Waals surface area contributed by atoms with Crippen LogP contribution in [0.3, 0.4) is 0 Å². The summed E-state index contributed by atoms with van der Waals surface area (Å²) in [6.07, 6.45) is 0.572. The molecule has 6 nitrogen and oxygen atoms in total. The van der Waals surface area contributed by atoms with Crippen LogP contribution in [0.2, 0.25) is 0 Å². The van der Waals surface area contributed by atoms with Gasteiger partial charge in [0, 0.05) is 5.92 Å². The van der Waals surface area contributed by atoms with E-state index in [1.807, 2.05) is 0 Å². The summed E-state index contributed by atoms with van der Waals surface area (Å²) < 4.78 is 0. The van der Waals surface area contributed by atoms with Crippen molar-refractivity contribution in [3.63, 3.8) is 0 Å². The number of hydrogen-bond acceptors (Lipinski definition) is 3. The summed E-state index contributed by atoms with van der Waals surface area (Å²) in [6.45, 7) is 5.23. The quantitative estimate of drug-likeness (QED) is 0.585. The second-order valence-electron chi connectivity index (χ2n) is 5.20. The second kappa shape index (κ2) is 7.76. The molecular formula is C13H23NO5. The van der Waals surface area contributed by atoms with E-state index in [-0.39, 0.29) is 18.8 Å². The highest BCUT2D eigenvalue weighted by molar-refractivity contribution is 5.79. The normalized spacial score (nSPS) is 15.8. The van der Waals surface area contributed by atoms with Crippen molar-refractivity contribution in [2.75, 3.05) is 0 Å². The molecule has 110 valence electrons. The van der Waals surface area contributed by atoms with Gasteiger partial charge in [0.2, 0.25) is 5.91 Å². The molecule has 0 aliphatic carbocycles. The number of amides is 1. The average molecular weight is 273 g/mol. The minimum Gasteiger partial charge on any atom is -0.481 e. The molecule has 6 heteroatoms. The lowest BCUT2D eigenvalue weighted by Crippen LogP contribution is -2.32. The van der Waals surface area contributed by atoms with E-state index in [2.05, 4.69) is 0 Å². The summed E-state index contributed by atoms with van der Waals surface area (Å²) in [4.78, 5) is 33.5. The van der Waals surface area contributed by atoms with Gasteiger partial charge in [-0.15, -0.1) is 0 Å². The fourth-order valence-corrected chi connectivity index (χ4v) is 2.08. The Balaban J connectivity index is 4.87. The van der Waals surface area contributed by atoms with Gasteiger partial charge in [0.1, 0.15) is 0 Å². The van der Waals surface area contributed by atoms with E-state index in [0.717, 1.165) is 0 Å². The highest BCUT2D eigenvalue weighted by Crippen LogP contribution is 2.26. The molecule has 0 fully saturated rings. The third kappa shape index (κ3) is 5.72. The molecule has 4 N–H and O–H groups in total. The molecule has 0 heterocycles. The number of carbonyl (C=O) groups excluding carboxylic acids is 1. The Labute approximate surface area is 113 Å². The van der Waals surface area contributed by atoms with Gasteiger partial charge in [-0.2, -0.15) is 0 Å². The summed E-state index contributed by atoms with van der Waals surface area (Å²) in [5, 5.41) is 18.1. The fraction of sp³-hybridized carbons (Fsp3) is 0.769. The summed E-state index contributed by atoms with van der Waals surface area (Å²) in [5.41, 5.74) is 5.26. The van der Waals surface area contributed by atoms with Gasteiger partial charge in [-0.05, 0) is 25.2 Å². The molecule has 0 bridgehead atoms. The van der Waals surface area contributed by atoms with Crippen LogP contribution >= 0.6 is 0 Å². The lowest BCUT2D eigenvalue weighted by molar-refractivity contribution is -0.144. The van der Waals surface area contributed by atoms with E-state index in [0.29, 0.717) is 6.42 Å². The SMILES string of the molecule is CCC(CC(CC(C(=O)O)C(C)C)C(N)=O)C(=O)O. The number of carbonyl (C=O) groups is 3. The number of hydrogen-bond donors (Lipinski definition) is 3. The van der Waals surface area contributed by atoms with E-state index in [9.17, 15) is 14.4 Å². The van der Waals surface area contributed by atoms with Crippen molar-refractivity contribution >= 4 is 17.8 Å². The minimum atomic E-state index is -0.982. The maximum absolute atomic E-state index is 11.4. The fourth-order valence-electron chi connectivity index (χ4n) is 2.08. The van der Waals surface area contributed by atoms with E-state index in [4.69, 9.17) is 15.9 Å². The number of nitrogens with two attached hydrogens (primary N) is 1. The van der Waals surface area contributed by atoms with Crippen LogP contribution in [0, 0.1) is 23.7 Å². The standard InChI is InChI=1S/C13H23NO5/c1-4-8(12(16)17)5-9(11(14)15)6-10(7(2)3)13(18)19/h7-10H,4-6H2,1-3H3,(H2,14,15)(H,16,17)(H,18,19). The Morgan fingerprint density at radius 1 is 1.00 bits per heavy atom. The molecule has 3 unspecified atom stereocenters. The predicted molar refractivity (Wildman–Crippen MR) is 69.3 cm³/mol. The first kappa shape index (κ1) is 17.4. The van der Waals surface area contributed by atoms with E-state index < -0.39 is 35.6 Å². The zero-order valence-corrected chi connectivity index (χ0v) is 11.6. The maximum atomic E-state index is 11.4. The number of carboxylic acids is 2. The maximum Gasteiger partial charge on any atom is 0.306 e. The molecule has 0 rings (SSSR count). The zero-order valence-electron chi connectivity index (χ0n) is 11.6. The molecule has 0 radical (unpaired) electrons. The topological polar surface area (TPSA) is 118 Å². The number of rotatable bonds is 9. The summed E-state index contributed by atoms with van der Waals surface area (Å²) in [7, 11) is 0. The largest absolute Gasteiger partial charge is 0.481 e. The van der Waals surface area contributed by atoms with Crippen molar-refractivity contribution in [2.45, 2.75) is 40.0 Å². The van der Waals surface area contributed by atoms with Crippen molar-refractivity contribution in [2.24, 2.45) is 29.4 Å². The van der Waals surface area contributed by atoms with Gasteiger partial charge in [0.25, 0.3) is 0 Å². The first-order chi connectivity index (χ1) is 8.70. The Hall–Kier alpha value is -1.59. The molecule has 0 aliphatic rings. The zero-order chi connectivity index (χ0) is 15.2. The van der Waals surface area contributed by atoms with Crippen molar-refractivity contribution in [3.05, 3.63) is 0 Å². The van der Waals surface area contributed by atoms with Crippen molar-refractivity contribution in [1.29, 1.82) is 0 Å². The molecule has 3 atom stereocenters. The van der Waals surface area contributed by atoms with Gasteiger partial charge in [-0.25, -0.2) is 0 Å². The Kier molecular flexibility index (Phi) is 7.11. The van der Waals surface area contributed by atoms with Crippen LogP contribution in [0.15, 0.2) is 0 Å². The molecule has 0 aromatic carbocycles. The summed E-state index contributed by atoms with van der Waals surface area (Å²) in [6, 6.07) is 0. The van der Waals surface area contributed by atoms with E-state index in [1.165, 1.54) is 0 Å². The van der Waals surface area contributed by atoms with Gasteiger partial charge in [0.05, 0.1) is 11.8 Å². The van der Waals surface area contributed by atoms with Crippen LogP contribution < -0.4 is 5.73 Å². The van der Waals surface area contributed by atoms with Crippen LogP contribution in [-0.4, -0.2) is 28.1 Å². The highest BCUT2D eigenvalue weighted by Gasteiger charge is 2.31. The Morgan fingerprint density at radius 2 is 1.53 bits per heavy atom. The van der Waals surface area contributed by atoms with Crippen LogP contribution in [0.4, 0.5) is 0 Å². The first-order valence-electron chi connectivity index (χ1n) is 6.45. The lowest BCUT2D eigenvalue weighted by Gasteiger charge is -2.23. The molecule has 0 aromatic heterocycles. The van der Waals surface area contributed by atoms with E-state index in [1.54, 1.807) is 20.8 Å². The third-order valence-electron chi connectivity index (χ3n) is 3.47. The van der Waals surface area contributed by atoms with Crippen LogP contribution in [0.25, 0.3) is 0 Å². The Bertz CT molecular complexity index is 340. The number of carboxylic acid groups (broad SMARTS) is 2. The number of primary amides is 1. The monoisotopic (exact) mass is 273 g/mol. The molecular weight excluding hydrogens is 250 g/mol. The Morgan fingerprint density at radius 3 is 1.79 bits per heavy atom. The molecule has 0 aliphatic heterocycles. The van der Waals surface area contributed by atoms with Crippen molar-refractivity contribution in [3.8, 4) is 0 Å². The molecule has 19 heavy (non-hydrogen) atoms. The lowest BCUT2D eigenvalue weighted by atomic mass is 9.81. The summed E-state index contributed by atoms with van der Waals surface area (Å²) in [5.74, 6) is -4.81. The average Bonchev–Trinajstić information content (AvgIpc) is 2.27. The van der Waals surface area contributed by atoms with Crippen molar-refractivity contribution in [1.82, 2.24) is 0 Å². The van der Waals surface area contributed by atoms with Crippen LogP contribution in [0.1, 0.15) is 40.0 Å². The predicted octanol–water partition coefficient (Wildman–Crippen LogP) is 1.34. The second-order valence-corrected chi connectivity index (χ2v) is 5.20. The first-order valence-corrected chi connectivity index (χ1v) is 6.45. The minimum absolute atomic E-state index is 0.0894. The molecule has 0 aromatic rings. The summed E-state index contributed by atoms with van der Waals surface area (Å²) >= 11 is 0. The molecule has 0 spiro atoms. The van der Waals surface area contributed by atoms with Crippen molar-refractivity contribution < 1.29 is 24.6 Å².